The fraction of sp³-hybridized carbons (Fsp3) is 0.500. The van der Waals surface area contributed by atoms with Gasteiger partial charge in [-0.25, -0.2) is 0 Å². The molecule has 2 fully saturated rings. The average Bonchev–Trinajstić information content (AvgIpc) is 2.72. The van der Waals surface area contributed by atoms with Gasteiger partial charge in [0.05, 0.1) is 6.04 Å². The lowest BCUT2D eigenvalue weighted by atomic mass is 9.83. The normalized spacial score (nSPS) is 20.8. The Morgan fingerprint density at radius 3 is 2.27 bits per heavy atom. The Balaban J connectivity index is 1.63. The zero-order valence-electron chi connectivity index (χ0n) is 16.1. The lowest BCUT2D eigenvalue weighted by Crippen LogP contribution is -2.45. The number of piperazine rings is 1. The lowest BCUT2D eigenvalue weighted by molar-refractivity contribution is 0.198. The maximum atomic E-state index is 3.50. The topological polar surface area (TPSA) is 15.3 Å². The maximum Gasteiger partial charge on any atom is 0.0605 e. The van der Waals surface area contributed by atoms with Crippen LogP contribution < -0.4 is 5.32 Å². The molecule has 1 aliphatic heterocycles. The molecule has 0 spiro atoms. The molecule has 1 heterocycles. The molecule has 2 aliphatic rings. The lowest BCUT2D eigenvalue weighted by Gasteiger charge is -2.36. The van der Waals surface area contributed by atoms with E-state index in [1.165, 1.54) is 48.8 Å². The maximum absolute atomic E-state index is 3.50. The van der Waals surface area contributed by atoms with Gasteiger partial charge in [0.1, 0.15) is 0 Å². The van der Waals surface area contributed by atoms with Crippen LogP contribution in [0.3, 0.4) is 0 Å². The summed E-state index contributed by atoms with van der Waals surface area (Å²) in [6.45, 7) is 6.65. The average molecular weight is 349 g/mol. The molecule has 0 aromatic heterocycles. The summed E-state index contributed by atoms with van der Waals surface area (Å²) in [5, 5.41) is 3.50. The molecule has 0 bridgehead atoms. The van der Waals surface area contributed by atoms with Crippen LogP contribution in [0.1, 0.15) is 66.3 Å². The number of nitrogens with one attached hydrogen (secondary N) is 1. The van der Waals surface area contributed by atoms with Crippen molar-refractivity contribution in [1.82, 2.24) is 10.2 Å². The van der Waals surface area contributed by atoms with Crippen molar-refractivity contribution in [2.75, 3.05) is 26.2 Å². The predicted octanol–water partition coefficient (Wildman–Crippen LogP) is 5.04. The van der Waals surface area contributed by atoms with Crippen molar-refractivity contribution in [1.29, 1.82) is 0 Å². The summed E-state index contributed by atoms with van der Waals surface area (Å²) in [6.07, 6.45) is 6.97. The Kier molecular flexibility index (Phi) is 5.72. The second kappa shape index (κ2) is 8.37. The van der Waals surface area contributed by atoms with Gasteiger partial charge in [-0.3, -0.25) is 4.90 Å². The third-order valence-electron chi connectivity index (χ3n) is 6.33. The highest BCUT2D eigenvalue weighted by molar-refractivity contribution is 5.38. The van der Waals surface area contributed by atoms with E-state index < -0.39 is 0 Å². The monoisotopic (exact) mass is 348 g/mol. The van der Waals surface area contributed by atoms with Gasteiger partial charge < -0.3 is 5.32 Å². The Bertz CT molecular complexity index is 694. The summed E-state index contributed by atoms with van der Waals surface area (Å²) in [6, 6.07) is 18.9. The molecule has 1 N–H and O–H groups in total. The molecule has 1 saturated carbocycles. The molecule has 1 atom stereocenters. The molecule has 2 aromatic carbocycles. The summed E-state index contributed by atoms with van der Waals surface area (Å²) < 4.78 is 0. The smallest absolute Gasteiger partial charge is 0.0605 e. The number of nitrogens with zero attached hydrogens (tertiary/aromatic N) is 1. The summed E-state index contributed by atoms with van der Waals surface area (Å²) in [4.78, 5) is 2.65. The largest absolute Gasteiger partial charge is 0.314 e. The molecular weight excluding hydrogens is 316 g/mol. The zero-order chi connectivity index (χ0) is 17.8. The SMILES string of the molecule is Cc1ccccc1C(c1ccc(C2CCCCC2)cc1)N1CCNCC1. The van der Waals surface area contributed by atoms with Crippen LogP contribution >= 0.6 is 0 Å². The van der Waals surface area contributed by atoms with E-state index in [-0.39, 0.29) is 0 Å². The van der Waals surface area contributed by atoms with Gasteiger partial charge in [-0.05, 0) is 47.9 Å². The van der Waals surface area contributed by atoms with Crippen molar-refractivity contribution in [3.8, 4) is 0 Å². The van der Waals surface area contributed by atoms with Crippen molar-refractivity contribution in [3.05, 3.63) is 70.8 Å². The Morgan fingerprint density at radius 1 is 0.885 bits per heavy atom. The highest BCUT2D eigenvalue weighted by Gasteiger charge is 2.25. The number of aryl methyl sites for hydroxylation is 1. The molecule has 1 saturated heterocycles. The van der Waals surface area contributed by atoms with Crippen molar-refractivity contribution < 1.29 is 0 Å². The summed E-state index contributed by atoms with van der Waals surface area (Å²) in [7, 11) is 0. The zero-order valence-corrected chi connectivity index (χ0v) is 16.1. The number of hydrogen-bond donors (Lipinski definition) is 1. The third-order valence-corrected chi connectivity index (χ3v) is 6.33. The Morgan fingerprint density at radius 2 is 1.58 bits per heavy atom. The number of hydrogen-bond acceptors (Lipinski definition) is 2. The van der Waals surface area contributed by atoms with Crippen molar-refractivity contribution in [2.24, 2.45) is 0 Å². The summed E-state index contributed by atoms with van der Waals surface area (Å²) in [5.41, 5.74) is 5.85. The molecule has 2 heteroatoms. The first-order chi connectivity index (χ1) is 12.8. The second-order valence-corrected chi connectivity index (χ2v) is 8.05. The summed E-state index contributed by atoms with van der Waals surface area (Å²) >= 11 is 0. The molecule has 1 aliphatic carbocycles. The highest BCUT2D eigenvalue weighted by Crippen LogP contribution is 2.35. The van der Waals surface area contributed by atoms with E-state index in [0.717, 1.165) is 32.1 Å². The number of rotatable bonds is 4. The minimum Gasteiger partial charge on any atom is -0.314 e. The second-order valence-electron chi connectivity index (χ2n) is 8.05. The van der Waals surface area contributed by atoms with Gasteiger partial charge in [0.25, 0.3) is 0 Å². The van der Waals surface area contributed by atoms with Crippen LogP contribution in [0.25, 0.3) is 0 Å². The molecule has 0 radical (unpaired) electrons. The van der Waals surface area contributed by atoms with Crippen LogP contribution in [0.5, 0.6) is 0 Å². The molecule has 1 unspecified atom stereocenters. The van der Waals surface area contributed by atoms with Crippen LogP contribution in [0.4, 0.5) is 0 Å². The minimum atomic E-state index is 0.374. The molecule has 4 rings (SSSR count). The van der Waals surface area contributed by atoms with Crippen LogP contribution in [0.15, 0.2) is 48.5 Å². The van der Waals surface area contributed by atoms with E-state index in [4.69, 9.17) is 0 Å². The fourth-order valence-corrected chi connectivity index (χ4v) is 4.81. The van der Waals surface area contributed by atoms with Gasteiger partial charge >= 0.3 is 0 Å². The molecular formula is C24H32N2. The third kappa shape index (κ3) is 3.87. The van der Waals surface area contributed by atoms with Gasteiger partial charge in [0.15, 0.2) is 0 Å². The van der Waals surface area contributed by atoms with E-state index in [2.05, 4.69) is 65.7 Å². The van der Waals surface area contributed by atoms with E-state index in [9.17, 15) is 0 Å². The first-order valence-electron chi connectivity index (χ1n) is 10.4. The van der Waals surface area contributed by atoms with Crippen LogP contribution in [-0.4, -0.2) is 31.1 Å². The highest BCUT2D eigenvalue weighted by atomic mass is 15.2. The molecule has 26 heavy (non-hydrogen) atoms. The Labute approximate surface area is 158 Å². The van der Waals surface area contributed by atoms with Crippen LogP contribution in [0, 0.1) is 6.92 Å². The van der Waals surface area contributed by atoms with E-state index in [1.54, 1.807) is 5.56 Å². The van der Waals surface area contributed by atoms with Gasteiger partial charge in [-0.1, -0.05) is 67.8 Å². The number of benzene rings is 2. The first-order valence-corrected chi connectivity index (χ1v) is 10.4. The van der Waals surface area contributed by atoms with E-state index in [0.29, 0.717) is 6.04 Å². The van der Waals surface area contributed by atoms with Gasteiger partial charge in [0, 0.05) is 26.2 Å². The van der Waals surface area contributed by atoms with Crippen LogP contribution in [0.2, 0.25) is 0 Å². The van der Waals surface area contributed by atoms with Crippen molar-refractivity contribution in [3.63, 3.8) is 0 Å². The quantitative estimate of drug-likeness (QED) is 0.833. The van der Waals surface area contributed by atoms with Crippen molar-refractivity contribution >= 4 is 0 Å². The first kappa shape index (κ1) is 17.8. The molecule has 2 nitrogen and oxygen atoms in total. The fourth-order valence-electron chi connectivity index (χ4n) is 4.81. The molecule has 2 aromatic rings. The van der Waals surface area contributed by atoms with Gasteiger partial charge in [-0.2, -0.15) is 0 Å². The van der Waals surface area contributed by atoms with Gasteiger partial charge in [-0.15, -0.1) is 0 Å². The predicted molar refractivity (Wildman–Crippen MR) is 110 cm³/mol. The molecule has 138 valence electrons. The van der Waals surface area contributed by atoms with Crippen LogP contribution in [-0.2, 0) is 0 Å². The van der Waals surface area contributed by atoms with Crippen molar-refractivity contribution in [2.45, 2.75) is 51.0 Å². The van der Waals surface area contributed by atoms with E-state index in [1.807, 2.05) is 0 Å². The molecule has 0 amide bonds. The van der Waals surface area contributed by atoms with Gasteiger partial charge in [0.2, 0.25) is 0 Å². The minimum absolute atomic E-state index is 0.374. The Hall–Kier alpha value is -1.64. The van der Waals surface area contributed by atoms with E-state index >= 15 is 0 Å². The standard InChI is InChI=1S/C24H32N2/c1-19-7-5-6-10-23(19)24(26-17-15-25-16-18-26)22-13-11-21(12-14-22)20-8-3-2-4-9-20/h5-7,10-14,20,24-25H,2-4,8-9,15-18H2,1H3. The summed E-state index contributed by atoms with van der Waals surface area (Å²) in [5.74, 6) is 0.786.